The van der Waals surface area contributed by atoms with Gasteiger partial charge in [-0.2, -0.15) is 0 Å². The van der Waals surface area contributed by atoms with Crippen LogP contribution in [0.3, 0.4) is 0 Å². The number of rotatable bonds is 4. The van der Waals surface area contributed by atoms with Crippen molar-refractivity contribution in [2.45, 2.75) is 38.5 Å². The Morgan fingerprint density at radius 3 is 1.78 bits per heavy atom. The van der Waals surface area contributed by atoms with E-state index in [0.717, 1.165) is 39.0 Å². The van der Waals surface area contributed by atoms with Crippen molar-refractivity contribution in [1.29, 1.82) is 0 Å². The monoisotopic (exact) mass is 643 g/mol. The van der Waals surface area contributed by atoms with Crippen LogP contribution in [0.5, 0.6) is 0 Å². The molecule has 0 amide bonds. The lowest BCUT2D eigenvalue weighted by molar-refractivity contribution is 0.647. The molecule has 0 aliphatic heterocycles. The maximum atomic E-state index is 6.75. The summed E-state index contributed by atoms with van der Waals surface area (Å²) in [5.41, 5.74) is 18.0. The number of hydrogen-bond acceptors (Lipinski definition) is 2. The topological polar surface area (TPSA) is 16.4 Å². The second kappa shape index (κ2) is 10.3. The molecule has 2 aliphatic carbocycles. The van der Waals surface area contributed by atoms with Crippen molar-refractivity contribution < 1.29 is 4.42 Å². The highest BCUT2D eigenvalue weighted by molar-refractivity contribution is 6.15. The standard InChI is InChI=1S/C48H37NO/c1-47(2)39-20-10-8-18-34(39)36-25-24-33(27-41(36)47)49(32-17-12-16-31(26-32)30-14-6-5-7-15-30)43-22-13-23-44-46(43)38-28-37-35-19-9-11-21-40(35)48(3,4)42(37)29-45(38)50-44/h5-29H,1-4H3. The molecule has 0 spiro atoms. The third-order valence-corrected chi connectivity index (χ3v) is 11.5. The molecule has 2 aliphatic rings. The molecule has 0 fully saturated rings. The van der Waals surface area contributed by atoms with Gasteiger partial charge in [0.25, 0.3) is 0 Å². The fraction of sp³-hybridized carbons (Fsp3) is 0.125. The van der Waals surface area contributed by atoms with Crippen molar-refractivity contribution in [2.75, 3.05) is 4.90 Å². The maximum Gasteiger partial charge on any atom is 0.137 e. The van der Waals surface area contributed by atoms with Crippen LogP contribution in [0.1, 0.15) is 49.9 Å². The first-order valence-corrected chi connectivity index (χ1v) is 17.6. The molecule has 8 aromatic rings. The molecule has 10 rings (SSSR count). The third kappa shape index (κ3) is 4.02. The zero-order valence-electron chi connectivity index (χ0n) is 28.8. The fourth-order valence-corrected chi connectivity index (χ4v) is 8.90. The highest BCUT2D eigenvalue weighted by atomic mass is 16.3. The van der Waals surface area contributed by atoms with Crippen LogP contribution in [-0.2, 0) is 10.8 Å². The molecule has 0 N–H and O–H groups in total. The summed E-state index contributed by atoms with van der Waals surface area (Å²) in [5.74, 6) is 0. The number of benzene rings is 7. The third-order valence-electron chi connectivity index (χ3n) is 11.5. The molecular formula is C48H37NO. The minimum atomic E-state index is -0.116. The summed E-state index contributed by atoms with van der Waals surface area (Å²) in [6.07, 6.45) is 0. The van der Waals surface area contributed by atoms with Crippen molar-refractivity contribution in [3.8, 4) is 33.4 Å². The van der Waals surface area contributed by atoms with Gasteiger partial charge >= 0.3 is 0 Å². The summed E-state index contributed by atoms with van der Waals surface area (Å²) in [6.45, 7) is 9.36. The summed E-state index contributed by atoms with van der Waals surface area (Å²) in [7, 11) is 0. The van der Waals surface area contributed by atoms with Crippen LogP contribution >= 0.6 is 0 Å². The average molecular weight is 644 g/mol. The molecule has 0 radical (unpaired) electrons. The van der Waals surface area contributed by atoms with E-state index >= 15 is 0 Å². The van der Waals surface area contributed by atoms with Gasteiger partial charge in [0.1, 0.15) is 11.2 Å². The van der Waals surface area contributed by atoms with Crippen molar-refractivity contribution in [3.63, 3.8) is 0 Å². The van der Waals surface area contributed by atoms with Crippen molar-refractivity contribution in [1.82, 2.24) is 0 Å². The lowest BCUT2D eigenvalue weighted by Gasteiger charge is -2.29. The Morgan fingerprint density at radius 2 is 1.02 bits per heavy atom. The Hall–Kier alpha value is -5.86. The van der Waals surface area contributed by atoms with Gasteiger partial charge in [0.05, 0.1) is 11.1 Å². The van der Waals surface area contributed by atoms with Crippen molar-refractivity contribution in [3.05, 3.63) is 174 Å². The lowest BCUT2D eigenvalue weighted by atomic mass is 9.82. The minimum Gasteiger partial charge on any atom is -0.456 e. The Balaban J connectivity index is 1.24. The molecule has 240 valence electrons. The summed E-state index contributed by atoms with van der Waals surface area (Å²) in [6, 6.07) is 55.5. The molecule has 0 unspecified atom stereocenters. The van der Waals surface area contributed by atoms with E-state index in [4.69, 9.17) is 4.42 Å². The normalized spacial score (nSPS) is 14.7. The summed E-state index contributed by atoms with van der Waals surface area (Å²) in [5, 5.41) is 2.26. The highest BCUT2D eigenvalue weighted by Crippen LogP contribution is 2.54. The van der Waals surface area contributed by atoms with Gasteiger partial charge in [-0.25, -0.2) is 0 Å². The van der Waals surface area contributed by atoms with Crippen LogP contribution < -0.4 is 4.90 Å². The zero-order chi connectivity index (χ0) is 33.8. The molecule has 50 heavy (non-hydrogen) atoms. The quantitative estimate of drug-likeness (QED) is 0.190. The number of nitrogens with zero attached hydrogens (tertiary/aromatic N) is 1. The molecule has 0 atom stereocenters. The van der Waals surface area contributed by atoms with Gasteiger partial charge in [-0.05, 0) is 104 Å². The second-order valence-electron chi connectivity index (χ2n) is 15.0. The smallest absolute Gasteiger partial charge is 0.137 e. The second-order valence-corrected chi connectivity index (χ2v) is 15.0. The summed E-state index contributed by atoms with van der Waals surface area (Å²) in [4.78, 5) is 2.44. The van der Waals surface area contributed by atoms with E-state index in [-0.39, 0.29) is 10.8 Å². The molecule has 7 aromatic carbocycles. The van der Waals surface area contributed by atoms with Crippen LogP contribution in [0.25, 0.3) is 55.3 Å². The van der Waals surface area contributed by atoms with Crippen LogP contribution in [0.2, 0.25) is 0 Å². The largest absolute Gasteiger partial charge is 0.456 e. The molecule has 2 heteroatoms. The van der Waals surface area contributed by atoms with Crippen LogP contribution in [0, 0.1) is 0 Å². The van der Waals surface area contributed by atoms with Crippen molar-refractivity contribution >= 4 is 39.0 Å². The van der Waals surface area contributed by atoms with Crippen LogP contribution in [0.15, 0.2) is 156 Å². The van der Waals surface area contributed by atoms with Gasteiger partial charge in [0, 0.05) is 27.6 Å². The number of fused-ring (bicyclic) bond motifs is 9. The predicted octanol–water partition coefficient (Wildman–Crippen LogP) is 13.3. The molecule has 0 saturated carbocycles. The first-order valence-electron chi connectivity index (χ1n) is 17.6. The molecule has 0 bridgehead atoms. The average Bonchev–Trinajstić information content (AvgIpc) is 3.71. The van der Waals surface area contributed by atoms with Crippen molar-refractivity contribution in [2.24, 2.45) is 0 Å². The van der Waals surface area contributed by atoms with E-state index in [2.05, 4.69) is 184 Å². The SMILES string of the molecule is CC1(C)c2ccccc2-c2ccc(N(c3cccc(-c4ccccc4)c3)c3cccc4oc5cc6c(cc5c34)-c3ccccc3C6(C)C)cc21. The first kappa shape index (κ1) is 29.1. The number of furan rings is 1. The molecule has 1 aromatic heterocycles. The van der Waals surface area contributed by atoms with Gasteiger partial charge in [0.15, 0.2) is 0 Å². The van der Waals surface area contributed by atoms with Crippen LogP contribution in [-0.4, -0.2) is 0 Å². The van der Waals surface area contributed by atoms with E-state index in [0.29, 0.717) is 0 Å². The Labute approximate surface area is 293 Å². The Morgan fingerprint density at radius 1 is 0.420 bits per heavy atom. The fourth-order valence-electron chi connectivity index (χ4n) is 8.90. The summed E-state index contributed by atoms with van der Waals surface area (Å²) < 4.78 is 6.75. The van der Waals surface area contributed by atoms with E-state index in [1.165, 1.54) is 55.6 Å². The Bertz CT molecular complexity index is 2660. The molecule has 2 nitrogen and oxygen atoms in total. The molecule has 0 saturated heterocycles. The number of anilines is 3. The van der Waals surface area contributed by atoms with Gasteiger partial charge in [0.2, 0.25) is 0 Å². The predicted molar refractivity (Wildman–Crippen MR) is 209 cm³/mol. The maximum absolute atomic E-state index is 6.75. The van der Waals surface area contributed by atoms with E-state index in [1.807, 2.05) is 0 Å². The zero-order valence-corrected chi connectivity index (χ0v) is 28.8. The van der Waals surface area contributed by atoms with Gasteiger partial charge in [-0.15, -0.1) is 0 Å². The Kier molecular flexibility index (Phi) is 6.01. The minimum absolute atomic E-state index is 0.0966. The van der Waals surface area contributed by atoms with Crippen LogP contribution in [0.4, 0.5) is 17.1 Å². The summed E-state index contributed by atoms with van der Waals surface area (Å²) >= 11 is 0. The van der Waals surface area contributed by atoms with Gasteiger partial charge in [-0.3, -0.25) is 0 Å². The van der Waals surface area contributed by atoms with E-state index in [9.17, 15) is 0 Å². The first-order chi connectivity index (χ1) is 24.3. The van der Waals surface area contributed by atoms with Gasteiger partial charge < -0.3 is 9.32 Å². The highest BCUT2D eigenvalue weighted by Gasteiger charge is 2.37. The lowest BCUT2D eigenvalue weighted by Crippen LogP contribution is -2.16. The van der Waals surface area contributed by atoms with Gasteiger partial charge in [-0.1, -0.05) is 131 Å². The van der Waals surface area contributed by atoms with E-state index in [1.54, 1.807) is 0 Å². The number of hydrogen-bond donors (Lipinski definition) is 0. The molecule has 1 heterocycles. The van der Waals surface area contributed by atoms with E-state index < -0.39 is 0 Å². The molecular weight excluding hydrogens is 607 g/mol.